The lowest BCUT2D eigenvalue weighted by atomic mass is 9.82. The van der Waals surface area contributed by atoms with Crippen LogP contribution in [-0.4, -0.2) is 35.5 Å². The molecule has 0 N–H and O–H groups in total. The van der Waals surface area contributed by atoms with Gasteiger partial charge >= 0.3 is 6.09 Å². The van der Waals surface area contributed by atoms with Gasteiger partial charge in [-0.1, -0.05) is 69.3 Å². The highest BCUT2D eigenvalue weighted by atomic mass is 16.6. The Hall–Kier alpha value is -2.62. The average Bonchev–Trinajstić information content (AvgIpc) is 3.26. The van der Waals surface area contributed by atoms with E-state index < -0.39 is 0 Å². The van der Waals surface area contributed by atoms with Crippen molar-refractivity contribution in [3.05, 3.63) is 59.7 Å². The van der Waals surface area contributed by atoms with E-state index in [0.29, 0.717) is 18.8 Å². The first kappa shape index (κ1) is 22.2. The second kappa shape index (κ2) is 8.62. The van der Waals surface area contributed by atoms with Gasteiger partial charge in [0.2, 0.25) is 0 Å². The number of amides is 1. The minimum Gasteiger partial charge on any atom is -0.448 e. The molecule has 2 heterocycles. The zero-order valence-corrected chi connectivity index (χ0v) is 20.0. The molecule has 0 aromatic heterocycles. The van der Waals surface area contributed by atoms with E-state index in [-0.39, 0.29) is 35.4 Å². The Balaban J connectivity index is 1.23. The van der Waals surface area contributed by atoms with Crippen LogP contribution in [0.25, 0.3) is 11.1 Å². The van der Waals surface area contributed by atoms with E-state index in [0.717, 1.165) is 32.1 Å². The summed E-state index contributed by atoms with van der Waals surface area (Å²) in [4.78, 5) is 28.0. The van der Waals surface area contributed by atoms with Crippen LogP contribution in [-0.2, 0) is 9.53 Å². The lowest BCUT2D eigenvalue weighted by Gasteiger charge is -2.38. The van der Waals surface area contributed by atoms with Gasteiger partial charge in [0.25, 0.3) is 0 Å². The summed E-state index contributed by atoms with van der Waals surface area (Å²) in [5, 5.41) is 0. The number of piperidine rings is 1. The molecule has 1 aliphatic carbocycles. The van der Waals surface area contributed by atoms with Crippen molar-refractivity contribution in [2.45, 2.75) is 77.3 Å². The molecule has 2 saturated heterocycles. The minimum atomic E-state index is -0.204. The van der Waals surface area contributed by atoms with Crippen molar-refractivity contribution in [1.82, 2.24) is 4.90 Å². The SMILES string of the molecule is CC(C)(C)CCC(=O)C1CC2CCC(C1)N2C(=O)OCC1c2ccccc2-c2ccccc21. The van der Waals surface area contributed by atoms with Gasteiger partial charge in [-0.3, -0.25) is 4.79 Å². The summed E-state index contributed by atoms with van der Waals surface area (Å²) in [6.45, 7) is 6.91. The van der Waals surface area contributed by atoms with Gasteiger partial charge in [-0.2, -0.15) is 0 Å². The monoisotopic (exact) mass is 445 g/mol. The molecule has 33 heavy (non-hydrogen) atoms. The van der Waals surface area contributed by atoms with E-state index in [9.17, 15) is 9.59 Å². The van der Waals surface area contributed by atoms with Crippen molar-refractivity contribution in [3.8, 4) is 11.1 Å². The fraction of sp³-hybridized carbons (Fsp3) is 0.517. The lowest BCUT2D eigenvalue weighted by molar-refractivity contribution is -0.125. The van der Waals surface area contributed by atoms with Crippen LogP contribution in [0.3, 0.4) is 0 Å². The van der Waals surface area contributed by atoms with Gasteiger partial charge in [0.1, 0.15) is 12.4 Å². The minimum absolute atomic E-state index is 0.0792. The summed E-state index contributed by atoms with van der Waals surface area (Å²) in [6.07, 6.45) is 4.93. The molecule has 3 aliphatic rings. The molecule has 2 aliphatic heterocycles. The molecule has 174 valence electrons. The highest BCUT2D eigenvalue weighted by Crippen LogP contribution is 2.45. The number of carbonyl (C=O) groups is 2. The summed E-state index contributed by atoms with van der Waals surface area (Å²) in [7, 11) is 0. The molecule has 2 atom stereocenters. The highest BCUT2D eigenvalue weighted by molar-refractivity contribution is 5.82. The van der Waals surface area contributed by atoms with Crippen molar-refractivity contribution < 1.29 is 14.3 Å². The van der Waals surface area contributed by atoms with E-state index in [4.69, 9.17) is 4.74 Å². The molecule has 2 bridgehead atoms. The fourth-order valence-corrected chi connectivity index (χ4v) is 6.11. The number of fused-ring (bicyclic) bond motifs is 5. The van der Waals surface area contributed by atoms with Gasteiger partial charge in [0, 0.05) is 30.3 Å². The maximum absolute atomic E-state index is 13.2. The maximum atomic E-state index is 13.2. The van der Waals surface area contributed by atoms with Crippen LogP contribution in [0.4, 0.5) is 4.79 Å². The van der Waals surface area contributed by atoms with Crippen molar-refractivity contribution >= 4 is 11.9 Å². The molecule has 2 aromatic carbocycles. The average molecular weight is 446 g/mol. The Kier molecular flexibility index (Phi) is 5.80. The number of ketones is 1. The Labute approximate surface area is 197 Å². The van der Waals surface area contributed by atoms with Gasteiger partial charge in [-0.15, -0.1) is 0 Å². The van der Waals surface area contributed by atoms with Crippen LogP contribution < -0.4 is 0 Å². The van der Waals surface area contributed by atoms with Gasteiger partial charge in [-0.25, -0.2) is 4.79 Å². The van der Waals surface area contributed by atoms with Crippen molar-refractivity contribution in [3.63, 3.8) is 0 Å². The summed E-state index contributed by atoms with van der Waals surface area (Å²) in [5.74, 6) is 0.562. The van der Waals surface area contributed by atoms with Crippen molar-refractivity contribution in [2.75, 3.05) is 6.61 Å². The number of nitrogens with zero attached hydrogens (tertiary/aromatic N) is 1. The number of benzene rings is 2. The van der Waals surface area contributed by atoms with Crippen LogP contribution in [0.1, 0.15) is 76.3 Å². The predicted molar refractivity (Wildman–Crippen MR) is 130 cm³/mol. The second-order valence-electron chi connectivity index (χ2n) is 11.3. The largest absolute Gasteiger partial charge is 0.448 e. The van der Waals surface area contributed by atoms with E-state index in [2.05, 4.69) is 69.3 Å². The third-order valence-electron chi connectivity index (χ3n) is 7.86. The molecule has 0 saturated carbocycles. The molecule has 2 fully saturated rings. The number of ether oxygens (including phenoxy) is 1. The molecule has 4 nitrogen and oxygen atoms in total. The Morgan fingerprint density at radius 2 is 1.45 bits per heavy atom. The van der Waals surface area contributed by atoms with Crippen LogP contribution in [0.2, 0.25) is 0 Å². The van der Waals surface area contributed by atoms with Crippen molar-refractivity contribution in [2.24, 2.45) is 11.3 Å². The number of hydrogen-bond donors (Lipinski definition) is 0. The first-order chi connectivity index (χ1) is 15.8. The van der Waals surface area contributed by atoms with Gasteiger partial charge in [-0.05, 0) is 59.8 Å². The second-order valence-corrected chi connectivity index (χ2v) is 11.3. The van der Waals surface area contributed by atoms with Gasteiger partial charge in [0.05, 0.1) is 0 Å². The third kappa shape index (κ3) is 4.32. The van der Waals surface area contributed by atoms with Crippen molar-refractivity contribution in [1.29, 1.82) is 0 Å². The zero-order valence-electron chi connectivity index (χ0n) is 20.0. The molecule has 0 spiro atoms. The molecule has 5 rings (SSSR count). The number of hydrogen-bond acceptors (Lipinski definition) is 3. The normalized spacial score (nSPS) is 23.8. The molecular weight excluding hydrogens is 410 g/mol. The lowest BCUT2D eigenvalue weighted by Crippen LogP contribution is -2.48. The molecular formula is C29H35NO3. The topological polar surface area (TPSA) is 46.6 Å². The molecule has 2 unspecified atom stereocenters. The molecule has 1 amide bonds. The first-order valence-electron chi connectivity index (χ1n) is 12.5. The third-order valence-corrected chi connectivity index (χ3v) is 7.86. The summed E-state index contributed by atoms with van der Waals surface area (Å²) in [6, 6.07) is 17.1. The fourth-order valence-electron chi connectivity index (χ4n) is 6.11. The number of Topliss-reactive ketones (excluding diaryl/α,β-unsaturated/α-hetero) is 1. The molecule has 4 heteroatoms. The highest BCUT2D eigenvalue weighted by Gasteiger charge is 2.46. The first-order valence-corrected chi connectivity index (χ1v) is 12.5. The van der Waals surface area contributed by atoms with E-state index >= 15 is 0 Å². The number of rotatable bonds is 5. The number of carbonyl (C=O) groups excluding carboxylic acids is 2. The smallest absolute Gasteiger partial charge is 0.410 e. The summed E-state index contributed by atoms with van der Waals surface area (Å²) >= 11 is 0. The van der Waals surface area contributed by atoms with Crippen LogP contribution >= 0.6 is 0 Å². The quantitative estimate of drug-likeness (QED) is 0.523. The van der Waals surface area contributed by atoms with Crippen LogP contribution in [0.15, 0.2) is 48.5 Å². The Morgan fingerprint density at radius 1 is 0.909 bits per heavy atom. The predicted octanol–water partition coefficient (Wildman–Crippen LogP) is 6.57. The van der Waals surface area contributed by atoms with Gasteiger partial charge in [0.15, 0.2) is 0 Å². The maximum Gasteiger partial charge on any atom is 0.410 e. The van der Waals surface area contributed by atoms with E-state index in [1.165, 1.54) is 22.3 Å². The van der Waals surface area contributed by atoms with Gasteiger partial charge < -0.3 is 9.64 Å². The standard InChI is InChI=1S/C29H35NO3/c1-29(2,3)15-14-27(31)19-16-20-12-13-21(17-19)30(20)28(32)33-18-26-24-10-6-4-8-22(24)23-9-5-7-11-25(23)26/h4-11,19-21,26H,12-18H2,1-3H3. The van der Waals surface area contributed by atoms with Crippen LogP contribution in [0, 0.1) is 11.3 Å². The molecule has 0 radical (unpaired) electrons. The van der Waals surface area contributed by atoms with Crippen LogP contribution in [0.5, 0.6) is 0 Å². The summed E-state index contributed by atoms with van der Waals surface area (Å²) in [5.41, 5.74) is 5.12. The zero-order chi connectivity index (χ0) is 23.2. The van der Waals surface area contributed by atoms with E-state index in [1.54, 1.807) is 0 Å². The Bertz CT molecular complexity index is 993. The van der Waals surface area contributed by atoms with E-state index in [1.807, 2.05) is 4.90 Å². The Morgan fingerprint density at radius 3 is 2.00 bits per heavy atom. The summed E-state index contributed by atoms with van der Waals surface area (Å²) < 4.78 is 5.95. The molecule has 2 aromatic rings.